The van der Waals surface area contributed by atoms with Gasteiger partial charge in [0.25, 0.3) is 0 Å². The molecule has 98 valence electrons. The molecule has 0 aliphatic rings. The van der Waals surface area contributed by atoms with Crippen LogP contribution in [0.3, 0.4) is 0 Å². The van der Waals surface area contributed by atoms with Gasteiger partial charge in [0.2, 0.25) is 0 Å². The first-order chi connectivity index (χ1) is 9.83. The fourth-order valence-corrected chi connectivity index (χ4v) is 1.99. The van der Waals surface area contributed by atoms with Crippen molar-refractivity contribution in [2.45, 2.75) is 0 Å². The van der Waals surface area contributed by atoms with E-state index in [2.05, 4.69) is 5.48 Å². The van der Waals surface area contributed by atoms with E-state index in [9.17, 15) is 4.79 Å². The fourth-order valence-electron chi connectivity index (χ4n) is 1.99. The van der Waals surface area contributed by atoms with Crippen molar-refractivity contribution in [1.29, 1.82) is 0 Å². The van der Waals surface area contributed by atoms with Gasteiger partial charge in [-0.1, -0.05) is 48.5 Å². The van der Waals surface area contributed by atoms with Crippen molar-refractivity contribution in [2.75, 3.05) is 5.48 Å². The molecule has 0 aliphatic carbocycles. The molecular formula is C17H13NO2. The van der Waals surface area contributed by atoms with E-state index in [4.69, 9.17) is 4.84 Å². The summed E-state index contributed by atoms with van der Waals surface area (Å²) in [7, 11) is 0. The first-order valence-electron chi connectivity index (χ1n) is 6.34. The molecule has 0 spiro atoms. The molecule has 0 fully saturated rings. The minimum atomic E-state index is -0.404. The van der Waals surface area contributed by atoms with Crippen molar-refractivity contribution in [3.05, 3.63) is 78.4 Å². The van der Waals surface area contributed by atoms with Crippen LogP contribution < -0.4 is 5.48 Å². The zero-order valence-corrected chi connectivity index (χ0v) is 10.7. The minimum absolute atomic E-state index is 0.404. The summed E-state index contributed by atoms with van der Waals surface area (Å²) < 4.78 is 0. The predicted molar refractivity (Wildman–Crippen MR) is 79.4 cm³/mol. The molecule has 0 amide bonds. The summed E-state index contributed by atoms with van der Waals surface area (Å²) in [5.74, 6) is -0.404. The van der Waals surface area contributed by atoms with Gasteiger partial charge < -0.3 is 4.84 Å². The Morgan fingerprint density at radius 3 is 2.30 bits per heavy atom. The minimum Gasteiger partial charge on any atom is -0.338 e. The highest BCUT2D eigenvalue weighted by Crippen LogP contribution is 2.19. The number of benzene rings is 3. The molecule has 0 aromatic heterocycles. The second-order valence-corrected chi connectivity index (χ2v) is 4.42. The zero-order valence-electron chi connectivity index (χ0n) is 10.7. The van der Waals surface area contributed by atoms with Crippen LogP contribution in [0.4, 0.5) is 5.69 Å². The summed E-state index contributed by atoms with van der Waals surface area (Å²) >= 11 is 0. The molecular weight excluding hydrogens is 250 g/mol. The van der Waals surface area contributed by atoms with Crippen molar-refractivity contribution in [2.24, 2.45) is 0 Å². The maximum atomic E-state index is 11.8. The van der Waals surface area contributed by atoms with Crippen LogP contribution in [0.1, 0.15) is 10.4 Å². The van der Waals surface area contributed by atoms with E-state index in [-0.39, 0.29) is 0 Å². The Labute approximate surface area is 116 Å². The van der Waals surface area contributed by atoms with E-state index in [1.807, 2.05) is 48.5 Å². The summed E-state index contributed by atoms with van der Waals surface area (Å²) in [4.78, 5) is 16.9. The van der Waals surface area contributed by atoms with Crippen LogP contribution in [0.5, 0.6) is 0 Å². The topological polar surface area (TPSA) is 38.3 Å². The average Bonchev–Trinajstić information content (AvgIpc) is 2.53. The summed E-state index contributed by atoms with van der Waals surface area (Å²) in [6.07, 6.45) is 0. The molecule has 0 heterocycles. The lowest BCUT2D eigenvalue weighted by Crippen LogP contribution is -2.10. The van der Waals surface area contributed by atoms with Gasteiger partial charge in [0.05, 0.1) is 11.3 Å². The molecule has 3 heteroatoms. The van der Waals surface area contributed by atoms with Gasteiger partial charge in [-0.2, -0.15) is 0 Å². The van der Waals surface area contributed by atoms with Crippen LogP contribution in [0.15, 0.2) is 72.8 Å². The smallest absolute Gasteiger partial charge is 0.338 e. The van der Waals surface area contributed by atoms with Gasteiger partial charge in [-0.05, 0) is 35.0 Å². The Hall–Kier alpha value is -2.81. The highest BCUT2D eigenvalue weighted by molar-refractivity contribution is 5.90. The third-order valence-corrected chi connectivity index (χ3v) is 3.02. The van der Waals surface area contributed by atoms with Crippen molar-refractivity contribution in [3.8, 4) is 0 Å². The molecule has 3 rings (SSSR count). The van der Waals surface area contributed by atoms with Gasteiger partial charge in [-0.15, -0.1) is 0 Å². The highest BCUT2D eigenvalue weighted by atomic mass is 16.7. The van der Waals surface area contributed by atoms with Crippen molar-refractivity contribution in [1.82, 2.24) is 0 Å². The van der Waals surface area contributed by atoms with Crippen LogP contribution in [0.2, 0.25) is 0 Å². The third kappa shape index (κ3) is 2.62. The Morgan fingerprint density at radius 2 is 1.50 bits per heavy atom. The van der Waals surface area contributed by atoms with Crippen LogP contribution in [0, 0.1) is 0 Å². The van der Waals surface area contributed by atoms with Gasteiger partial charge >= 0.3 is 5.97 Å². The standard InChI is InChI=1S/C17H13NO2/c19-17(14-7-2-1-3-8-14)20-18-16-11-10-13-6-4-5-9-15(13)12-16/h1-12,18H. The van der Waals surface area contributed by atoms with Crippen molar-refractivity contribution >= 4 is 22.4 Å². The summed E-state index contributed by atoms with van der Waals surface area (Å²) in [5, 5.41) is 2.24. The summed E-state index contributed by atoms with van der Waals surface area (Å²) in [5.41, 5.74) is 3.94. The lowest BCUT2D eigenvalue weighted by molar-refractivity contribution is 0.0596. The number of carbonyl (C=O) groups is 1. The van der Waals surface area contributed by atoms with E-state index >= 15 is 0 Å². The number of nitrogens with one attached hydrogen (secondary N) is 1. The molecule has 3 aromatic carbocycles. The Bertz CT molecular complexity index is 738. The van der Waals surface area contributed by atoms with Crippen molar-refractivity contribution < 1.29 is 9.63 Å². The molecule has 0 saturated carbocycles. The maximum absolute atomic E-state index is 11.8. The molecule has 0 radical (unpaired) electrons. The molecule has 3 nitrogen and oxygen atoms in total. The quantitative estimate of drug-likeness (QED) is 0.725. The van der Waals surface area contributed by atoms with E-state index in [1.165, 1.54) is 0 Å². The van der Waals surface area contributed by atoms with E-state index in [0.717, 1.165) is 16.5 Å². The maximum Gasteiger partial charge on any atom is 0.362 e. The number of hydrogen-bond acceptors (Lipinski definition) is 3. The van der Waals surface area contributed by atoms with Crippen LogP contribution >= 0.6 is 0 Å². The zero-order chi connectivity index (χ0) is 13.8. The molecule has 0 aliphatic heterocycles. The number of rotatable bonds is 3. The van der Waals surface area contributed by atoms with Crippen molar-refractivity contribution in [3.63, 3.8) is 0 Å². The average molecular weight is 263 g/mol. The largest absolute Gasteiger partial charge is 0.362 e. The highest BCUT2D eigenvalue weighted by Gasteiger charge is 2.06. The second kappa shape index (κ2) is 5.45. The lowest BCUT2D eigenvalue weighted by Gasteiger charge is -2.07. The fraction of sp³-hybridized carbons (Fsp3) is 0. The Morgan fingerprint density at radius 1 is 0.800 bits per heavy atom. The predicted octanol–water partition coefficient (Wildman–Crippen LogP) is 4.02. The van der Waals surface area contributed by atoms with Gasteiger partial charge in [0.15, 0.2) is 0 Å². The monoisotopic (exact) mass is 263 g/mol. The summed E-state index contributed by atoms with van der Waals surface area (Å²) in [6, 6.07) is 22.7. The van der Waals surface area contributed by atoms with E-state index in [0.29, 0.717) is 5.56 Å². The Balaban J connectivity index is 1.72. The number of carbonyl (C=O) groups excluding carboxylic acids is 1. The molecule has 0 atom stereocenters. The molecule has 0 unspecified atom stereocenters. The third-order valence-electron chi connectivity index (χ3n) is 3.02. The first-order valence-corrected chi connectivity index (χ1v) is 6.34. The normalized spacial score (nSPS) is 10.2. The molecule has 3 aromatic rings. The van der Waals surface area contributed by atoms with Crippen LogP contribution in [0.25, 0.3) is 10.8 Å². The first kappa shape index (κ1) is 12.2. The second-order valence-electron chi connectivity index (χ2n) is 4.42. The molecule has 0 saturated heterocycles. The lowest BCUT2D eigenvalue weighted by atomic mass is 10.1. The van der Waals surface area contributed by atoms with Gasteiger partial charge in [0, 0.05) is 0 Å². The van der Waals surface area contributed by atoms with E-state index in [1.54, 1.807) is 24.3 Å². The molecule has 1 N–H and O–H groups in total. The van der Waals surface area contributed by atoms with E-state index < -0.39 is 5.97 Å². The van der Waals surface area contributed by atoms with Gasteiger partial charge in [-0.3, -0.25) is 0 Å². The van der Waals surface area contributed by atoms with Gasteiger partial charge in [-0.25, -0.2) is 10.3 Å². The Kier molecular flexibility index (Phi) is 3.33. The number of fused-ring (bicyclic) bond motifs is 1. The SMILES string of the molecule is O=C(ONc1ccc2ccccc2c1)c1ccccc1. The number of hydrogen-bond donors (Lipinski definition) is 1. The van der Waals surface area contributed by atoms with Crippen LogP contribution in [-0.2, 0) is 4.84 Å². The van der Waals surface area contributed by atoms with Crippen LogP contribution in [-0.4, -0.2) is 5.97 Å². The number of anilines is 1. The summed E-state index contributed by atoms with van der Waals surface area (Å²) in [6.45, 7) is 0. The molecule has 0 bridgehead atoms. The molecule has 20 heavy (non-hydrogen) atoms. The van der Waals surface area contributed by atoms with Gasteiger partial charge in [0.1, 0.15) is 0 Å².